The van der Waals surface area contributed by atoms with E-state index in [9.17, 15) is 18.0 Å². The van der Waals surface area contributed by atoms with Gasteiger partial charge in [0, 0.05) is 45.5 Å². The fraction of sp³-hybridized carbons (Fsp3) is 0.417. The van der Waals surface area contributed by atoms with Gasteiger partial charge in [0.1, 0.15) is 5.69 Å². The van der Waals surface area contributed by atoms with Crippen LogP contribution in [0.2, 0.25) is 0 Å². The smallest absolute Gasteiger partial charge is 0.336 e. The molecule has 0 N–H and O–H groups in total. The zero-order chi connectivity index (χ0) is 15.8. The van der Waals surface area contributed by atoms with E-state index in [1.54, 1.807) is 24.1 Å². The van der Waals surface area contributed by atoms with Crippen molar-refractivity contribution in [2.24, 2.45) is 14.1 Å². The molecule has 0 aliphatic carbocycles. The Balaban J connectivity index is 2.17. The molecule has 2 heterocycles. The quantitative estimate of drug-likeness (QED) is 0.862. The zero-order valence-corrected chi connectivity index (χ0v) is 11.7. The number of rotatable bonds is 3. The van der Waals surface area contributed by atoms with Crippen LogP contribution in [0.1, 0.15) is 21.7 Å². The number of carbonyl (C=O) groups is 1. The molecule has 0 bridgehead atoms. The van der Waals surface area contributed by atoms with Crippen LogP contribution in [0.3, 0.4) is 0 Å². The summed E-state index contributed by atoms with van der Waals surface area (Å²) in [6, 6.07) is 0.752. The van der Waals surface area contributed by atoms with Crippen LogP contribution < -0.4 is 0 Å². The zero-order valence-electron chi connectivity index (χ0n) is 11.7. The van der Waals surface area contributed by atoms with Gasteiger partial charge in [0.15, 0.2) is 5.69 Å². The first-order valence-electron chi connectivity index (χ1n) is 6.02. The minimum Gasteiger partial charge on any atom is -0.336 e. The number of aryl methyl sites for hydroxylation is 2. The number of hydrogen-bond acceptors (Lipinski definition) is 3. The van der Waals surface area contributed by atoms with Crippen molar-refractivity contribution in [3.05, 3.63) is 35.4 Å². The van der Waals surface area contributed by atoms with Gasteiger partial charge in [-0.1, -0.05) is 0 Å². The first-order valence-corrected chi connectivity index (χ1v) is 6.02. The Hall–Kier alpha value is -2.32. The maximum Gasteiger partial charge on any atom is 0.435 e. The summed E-state index contributed by atoms with van der Waals surface area (Å²) < 4.78 is 40.3. The molecule has 6 nitrogen and oxygen atoms in total. The molecule has 0 spiro atoms. The minimum absolute atomic E-state index is 0.117. The Kier molecular flexibility index (Phi) is 3.75. The monoisotopic (exact) mass is 301 g/mol. The second-order valence-electron chi connectivity index (χ2n) is 4.72. The summed E-state index contributed by atoms with van der Waals surface area (Å²) in [5.41, 5.74) is -0.414. The van der Waals surface area contributed by atoms with Crippen LogP contribution in [0.15, 0.2) is 18.5 Å². The molecule has 114 valence electrons. The number of carbonyl (C=O) groups excluding carboxylic acids is 1. The lowest BCUT2D eigenvalue weighted by Crippen LogP contribution is -2.27. The fourth-order valence-corrected chi connectivity index (χ4v) is 1.90. The van der Waals surface area contributed by atoms with Crippen molar-refractivity contribution >= 4 is 5.91 Å². The molecule has 2 aromatic rings. The summed E-state index contributed by atoms with van der Waals surface area (Å²) in [4.78, 5) is 13.5. The molecule has 0 unspecified atom stereocenters. The summed E-state index contributed by atoms with van der Waals surface area (Å²) in [5.74, 6) is -0.538. The van der Waals surface area contributed by atoms with Crippen molar-refractivity contribution in [2.75, 3.05) is 7.05 Å². The molecule has 1 amide bonds. The van der Waals surface area contributed by atoms with Crippen LogP contribution in [0.25, 0.3) is 0 Å². The van der Waals surface area contributed by atoms with E-state index in [1.165, 1.54) is 19.0 Å². The Morgan fingerprint density at radius 1 is 1.38 bits per heavy atom. The van der Waals surface area contributed by atoms with Crippen molar-refractivity contribution in [2.45, 2.75) is 12.7 Å². The highest BCUT2D eigenvalue weighted by Gasteiger charge is 2.35. The van der Waals surface area contributed by atoms with E-state index in [1.807, 2.05) is 0 Å². The Morgan fingerprint density at radius 2 is 2.05 bits per heavy atom. The number of aromatic nitrogens is 4. The van der Waals surface area contributed by atoms with Gasteiger partial charge in [-0.15, -0.1) is 0 Å². The highest BCUT2D eigenvalue weighted by molar-refractivity contribution is 5.92. The predicted molar refractivity (Wildman–Crippen MR) is 67.2 cm³/mol. The summed E-state index contributed by atoms with van der Waals surface area (Å²) in [6.45, 7) is 0.249. The molecule has 0 aliphatic rings. The average molecular weight is 301 g/mol. The van der Waals surface area contributed by atoms with Crippen LogP contribution in [-0.2, 0) is 26.8 Å². The van der Waals surface area contributed by atoms with Crippen LogP contribution >= 0.6 is 0 Å². The van der Waals surface area contributed by atoms with E-state index in [4.69, 9.17) is 0 Å². The topological polar surface area (TPSA) is 56.0 Å². The van der Waals surface area contributed by atoms with Crippen LogP contribution in [0.4, 0.5) is 13.2 Å². The van der Waals surface area contributed by atoms with Gasteiger partial charge in [0.2, 0.25) is 0 Å². The third-order valence-electron chi connectivity index (χ3n) is 2.91. The van der Waals surface area contributed by atoms with Crippen molar-refractivity contribution in [3.63, 3.8) is 0 Å². The summed E-state index contributed by atoms with van der Waals surface area (Å²) >= 11 is 0. The molecule has 0 aromatic carbocycles. The minimum atomic E-state index is -4.57. The molecule has 9 heteroatoms. The summed E-state index contributed by atoms with van der Waals surface area (Å²) in [7, 11) is 4.55. The SMILES string of the molecule is CN(Cc1cnn(C)c1)C(=O)c1cc(C(F)(F)F)nn1C. The average Bonchev–Trinajstić information content (AvgIpc) is 2.94. The number of nitrogens with zero attached hydrogens (tertiary/aromatic N) is 5. The van der Waals surface area contributed by atoms with Gasteiger partial charge < -0.3 is 4.90 Å². The van der Waals surface area contributed by atoms with Crippen LogP contribution in [0.5, 0.6) is 0 Å². The predicted octanol–water partition coefficient (Wildman–Crippen LogP) is 1.44. The maximum atomic E-state index is 12.6. The molecule has 2 aromatic heterocycles. The molecule has 0 saturated heterocycles. The van der Waals surface area contributed by atoms with E-state index in [-0.39, 0.29) is 12.2 Å². The van der Waals surface area contributed by atoms with Crippen molar-refractivity contribution < 1.29 is 18.0 Å². The number of amides is 1. The molecule has 0 radical (unpaired) electrons. The van der Waals surface area contributed by atoms with Crippen LogP contribution in [0, 0.1) is 0 Å². The molecular weight excluding hydrogens is 287 g/mol. The van der Waals surface area contributed by atoms with E-state index >= 15 is 0 Å². The maximum absolute atomic E-state index is 12.6. The first-order chi connectivity index (χ1) is 9.68. The summed E-state index contributed by atoms with van der Waals surface area (Å²) in [5, 5.41) is 7.29. The lowest BCUT2D eigenvalue weighted by atomic mass is 10.3. The molecule has 21 heavy (non-hydrogen) atoms. The van der Waals surface area contributed by atoms with Gasteiger partial charge in [-0.3, -0.25) is 14.2 Å². The molecule has 0 fully saturated rings. The Bertz CT molecular complexity index is 658. The molecule has 0 saturated carbocycles. The third-order valence-corrected chi connectivity index (χ3v) is 2.91. The number of halogens is 3. The van der Waals surface area contributed by atoms with Gasteiger partial charge in [-0.05, 0) is 0 Å². The Labute approximate surface area is 118 Å². The standard InChI is InChI=1S/C12H14F3N5O/c1-18(6-8-5-16-19(2)7-8)11(21)9-4-10(12(13,14)15)17-20(9)3/h4-5,7H,6H2,1-3H3. The van der Waals surface area contributed by atoms with E-state index in [0.29, 0.717) is 0 Å². The molecule has 2 rings (SSSR count). The highest BCUT2D eigenvalue weighted by Crippen LogP contribution is 2.28. The van der Waals surface area contributed by atoms with E-state index in [0.717, 1.165) is 16.3 Å². The lowest BCUT2D eigenvalue weighted by molar-refractivity contribution is -0.141. The lowest BCUT2D eigenvalue weighted by Gasteiger charge is -2.15. The fourth-order valence-electron chi connectivity index (χ4n) is 1.90. The van der Waals surface area contributed by atoms with Crippen molar-refractivity contribution in [1.29, 1.82) is 0 Å². The van der Waals surface area contributed by atoms with Crippen molar-refractivity contribution in [1.82, 2.24) is 24.5 Å². The molecule has 0 aliphatic heterocycles. The normalized spacial score (nSPS) is 11.7. The first kappa shape index (κ1) is 15.1. The Morgan fingerprint density at radius 3 is 2.52 bits per heavy atom. The highest BCUT2D eigenvalue weighted by atomic mass is 19.4. The summed E-state index contributed by atoms with van der Waals surface area (Å²) in [6.07, 6.45) is -1.25. The van der Waals surface area contributed by atoms with E-state index in [2.05, 4.69) is 10.2 Å². The largest absolute Gasteiger partial charge is 0.435 e. The number of hydrogen-bond donors (Lipinski definition) is 0. The second-order valence-corrected chi connectivity index (χ2v) is 4.72. The second kappa shape index (κ2) is 5.23. The van der Waals surface area contributed by atoms with Gasteiger partial charge in [0.05, 0.1) is 6.20 Å². The molecular formula is C12H14F3N5O. The number of alkyl halides is 3. The van der Waals surface area contributed by atoms with Crippen LogP contribution in [-0.4, -0.2) is 37.4 Å². The molecule has 0 atom stereocenters. The van der Waals surface area contributed by atoms with Gasteiger partial charge in [0.25, 0.3) is 5.91 Å². The van der Waals surface area contributed by atoms with Gasteiger partial charge >= 0.3 is 6.18 Å². The van der Waals surface area contributed by atoms with Gasteiger partial charge in [-0.2, -0.15) is 23.4 Å². The van der Waals surface area contributed by atoms with Crippen molar-refractivity contribution in [3.8, 4) is 0 Å². The third kappa shape index (κ3) is 3.23. The van der Waals surface area contributed by atoms with Gasteiger partial charge in [-0.25, -0.2) is 0 Å². The van der Waals surface area contributed by atoms with E-state index < -0.39 is 17.8 Å².